The van der Waals surface area contributed by atoms with Crippen molar-refractivity contribution in [2.45, 2.75) is 33.6 Å². The number of likely N-dealkylation sites (tertiary alicyclic amines) is 1. The lowest BCUT2D eigenvalue weighted by Crippen LogP contribution is -2.31. The van der Waals surface area contributed by atoms with Gasteiger partial charge in [-0.1, -0.05) is 111 Å². The molecule has 5 rings (SSSR count). The zero-order valence-corrected chi connectivity index (χ0v) is 22.1. The molecule has 1 saturated heterocycles. The van der Waals surface area contributed by atoms with Gasteiger partial charge >= 0.3 is 0 Å². The van der Waals surface area contributed by atoms with Gasteiger partial charge in [0.1, 0.15) is 0 Å². The number of nitrogens with zero attached hydrogens (tertiary/aromatic N) is 1. The average molecular weight is 489 g/mol. The molecule has 0 radical (unpaired) electrons. The van der Waals surface area contributed by atoms with E-state index in [-0.39, 0.29) is 5.91 Å². The first-order valence-corrected chi connectivity index (χ1v) is 13.3. The fourth-order valence-electron chi connectivity index (χ4n) is 5.04. The number of carbonyl (C=O) groups excluding carboxylic acids is 1. The minimum atomic E-state index is -0.400. The van der Waals surface area contributed by atoms with Crippen LogP contribution in [0.1, 0.15) is 61.4 Å². The summed E-state index contributed by atoms with van der Waals surface area (Å²) >= 11 is 0. The number of hydrogen-bond acceptors (Lipinski definition) is 2. The number of carbonyl (C=O) groups is 1. The lowest BCUT2D eigenvalue weighted by molar-refractivity contribution is -0.123. The summed E-state index contributed by atoms with van der Waals surface area (Å²) in [4.78, 5) is 14.7. The smallest absolute Gasteiger partial charge is 0.229 e. The van der Waals surface area contributed by atoms with Crippen LogP contribution in [0.5, 0.6) is 0 Å². The van der Waals surface area contributed by atoms with Crippen molar-refractivity contribution >= 4 is 35.4 Å². The molecule has 0 unspecified atom stereocenters. The van der Waals surface area contributed by atoms with Gasteiger partial charge in [0, 0.05) is 30.7 Å². The molecule has 0 bridgehead atoms. The number of nitrogens with one attached hydrogen (secondary N) is 1. The van der Waals surface area contributed by atoms with Gasteiger partial charge in [-0.05, 0) is 58.4 Å². The highest BCUT2D eigenvalue weighted by atomic mass is 16.2. The third kappa shape index (κ3) is 5.84. The zero-order valence-electron chi connectivity index (χ0n) is 22.1. The van der Waals surface area contributed by atoms with Gasteiger partial charge in [0.15, 0.2) is 0 Å². The van der Waals surface area contributed by atoms with E-state index in [1.165, 1.54) is 27.8 Å². The number of anilines is 1. The van der Waals surface area contributed by atoms with Crippen LogP contribution in [0.4, 0.5) is 5.69 Å². The zero-order chi connectivity index (χ0) is 25.8. The summed E-state index contributed by atoms with van der Waals surface area (Å²) in [6.45, 7) is 8.85. The van der Waals surface area contributed by atoms with Crippen LogP contribution in [0.25, 0.3) is 23.8 Å². The van der Waals surface area contributed by atoms with Gasteiger partial charge in [-0.3, -0.25) is 9.69 Å². The molecule has 188 valence electrons. The van der Waals surface area contributed by atoms with Gasteiger partial charge in [-0.2, -0.15) is 0 Å². The molecule has 3 nitrogen and oxygen atoms in total. The second kappa shape index (κ2) is 10.7. The van der Waals surface area contributed by atoms with Gasteiger partial charge in [0.05, 0.1) is 0 Å². The Morgan fingerprint density at radius 1 is 0.838 bits per heavy atom. The van der Waals surface area contributed by atoms with E-state index in [2.05, 4.69) is 95.2 Å². The van der Waals surface area contributed by atoms with E-state index >= 15 is 0 Å². The Morgan fingerprint density at radius 2 is 1.41 bits per heavy atom. The third-order valence-electron chi connectivity index (χ3n) is 7.24. The number of amides is 1. The fourth-order valence-corrected chi connectivity index (χ4v) is 5.04. The maximum Gasteiger partial charge on any atom is 0.229 e. The third-order valence-corrected chi connectivity index (χ3v) is 7.24. The number of piperidine rings is 1. The summed E-state index contributed by atoms with van der Waals surface area (Å²) < 4.78 is 0. The summed E-state index contributed by atoms with van der Waals surface area (Å²) in [7, 11) is 0. The predicted octanol–water partition coefficient (Wildman–Crippen LogP) is 7.77. The lowest BCUT2D eigenvalue weighted by Gasteiger charge is -2.29. The number of rotatable bonds is 4. The van der Waals surface area contributed by atoms with Crippen molar-refractivity contribution < 1.29 is 4.79 Å². The summed E-state index contributed by atoms with van der Waals surface area (Å²) in [5, 5.41) is 2.98. The van der Waals surface area contributed by atoms with Crippen LogP contribution in [-0.2, 0) is 4.79 Å². The summed E-state index contributed by atoms with van der Waals surface area (Å²) in [6, 6.07) is 25.6. The Labute approximate surface area is 221 Å². The Bertz CT molecular complexity index is 1310. The highest BCUT2D eigenvalue weighted by molar-refractivity contribution is 5.95. The second-order valence-corrected chi connectivity index (χ2v) is 11.0. The van der Waals surface area contributed by atoms with Crippen LogP contribution >= 0.6 is 0 Å². The van der Waals surface area contributed by atoms with Crippen molar-refractivity contribution in [3.8, 4) is 0 Å². The second-order valence-electron chi connectivity index (χ2n) is 11.0. The Balaban J connectivity index is 1.24. The molecule has 1 aliphatic heterocycles. The fraction of sp³-hybridized carbons (Fsp3) is 0.265. The van der Waals surface area contributed by atoms with Crippen molar-refractivity contribution in [3.05, 3.63) is 112 Å². The van der Waals surface area contributed by atoms with Crippen molar-refractivity contribution in [2.24, 2.45) is 5.41 Å². The molecule has 1 heterocycles. The number of fused-ring (bicyclic) bond motifs is 2. The largest absolute Gasteiger partial charge is 0.326 e. The van der Waals surface area contributed by atoms with Crippen LogP contribution in [0.3, 0.4) is 0 Å². The standard InChI is InChI=1S/C34H36N2O/c1-34(2,3)33(37)35-29-18-14-25(15-19-29)9-8-22-36-23-20-28(21-24-36)32-30-12-6-4-10-26(30)16-17-27-11-5-7-13-31(27)32/h4-19H,20-24H2,1-3H3,(H,35,37)/b9-8+. The maximum atomic E-state index is 12.2. The normalized spacial score (nSPS) is 15.9. The minimum absolute atomic E-state index is 0.0299. The first-order chi connectivity index (χ1) is 17.9. The molecule has 1 fully saturated rings. The molecule has 37 heavy (non-hydrogen) atoms. The highest BCUT2D eigenvalue weighted by Gasteiger charge is 2.22. The van der Waals surface area contributed by atoms with Crippen molar-refractivity contribution in [1.29, 1.82) is 0 Å². The topological polar surface area (TPSA) is 32.3 Å². The molecule has 2 aliphatic rings. The predicted molar refractivity (Wildman–Crippen MR) is 157 cm³/mol. The van der Waals surface area contributed by atoms with Gasteiger partial charge in [-0.25, -0.2) is 0 Å². The van der Waals surface area contributed by atoms with E-state index in [0.29, 0.717) is 0 Å². The van der Waals surface area contributed by atoms with Gasteiger partial charge in [0.2, 0.25) is 5.91 Å². The van der Waals surface area contributed by atoms with Crippen LogP contribution < -0.4 is 5.32 Å². The molecule has 3 aromatic rings. The molecule has 0 aromatic heterocycles. The molecule has 0 atom stereocenters. The quantitative estimate of drug-likeness (QED) is 0.318. The van der Waals surface area contributed by atoms with Gasteiger partial charge < -0.3 is 5.32 Å². The highest BCUT2D eigenvalue weighted by Crippen LogP contribution is 2.38. The van der Waals surface area contributed by atoms with E-state index in [1.54, 1.807) is 5.57 Å². The van der Waals surface area contributed by atoms with E-state index < -0.39 is 5.41 Å². The molecule has 0 saturated carbocycles. The molecular formula is C34H36N2O. The van der Waals surface area contributed by atoms with E-state index in [0.717, 1.165) is 43.7 Å². The number of hydrogen-bond donors (Lipinski definition) is 1. The molecule has 3 aromatic carbocycles. The van der Waals surface area contributed by atoms with Crippen LogP contribution in [-0.4, -0.2) is 30.4 Å². The van der Waals surface area contributed by atoms with Crippen LogP contribution in [0, 0.1) is 5.41 Å². The lowest BCUT2D eigenvalue weighted by atomic mass is 9.86. The van der Waals surface area contributed by atoms with Crippen molar-refractivity contribution in [3.63, 3.8) is 0 Å². The SMILES string of the molecule is CC(C)(C)C(=O)Nc1ccc(/C=C/CN2CCC(=C3c4ccccc4C=Cc4ccccc43)CC2)cc1. The summed E-state index contributed by atoms with van der Waals surface area (Å²) in [5.74, 6) is 0.0299. The van der Waals surface area contributed by atoms with Crippen LogP contribution in [0.2, 0.25) is 0 Å². The Kier molecular flexibility index (Phi) is 7.25. The number of benzene rings is 3. The molecule has 0 spiro atoms. The molecule has 3 heteroatoms. The van der Waals surface area contributed by atoms with Gasteiger partial charge in [-0.15, -0.1) is 0 Å². The van der Waals surface area contributed by atoms with E-state index in [9.17, 15) is 4.79 Å². The van der Waals surface area contributed by atoms with Crippen molar-refractivity contribution in [2.75, 3.05) is 25.0 Å². The van der Waals surface area contributed by atoms with Crippen molar-refractivity contribution in [1.82, 2.24) is 4.90 Å². The molecule has 1 amide bonds. The molecule has 1 N–H and O–H groups in total. The first-order valence-electron chi connectivity index (χ1n) is 13.3. The maximum absolute atomic E-state index is 12.2. The van der Waals surface area contributed by atoms with Gasteiger partial charge in [0.25, 0.3) is 0 Å². The summed E-state index contributed by atoms with van der Waals surface area (Å²) in [6.07, 6.45) is 11.1. The Hall–Kier alpha value is -3.69. The van der Waals surface area contributed by atoms with E-state index in [1.807, 2.05) is 32.9 Å². The average Bonchev–Trinajstić information content (AvgIpc) is 3.07. The first kappa shape index (κ1) is 25.0. The Morgan fingerprint density at radius 3 is 1.97 bits per heavy atom. The minimum Gasteiger partial charge on any atom is -0.326 e. The van der Waals surface area contributed by atoms with Crippen LogP contribution in [0.15, 0.2) is 84.4 Å². The monoisotopic (exact) mass is 488 g/mol. The molecular weight excluding hydrogens is 452 g/mol. The summed E-state index contributed by atoms with van der Waals surface area (Å²) in [5.41, 5.74) is 9.90. The molecule has 1 aliphatic carbocycles. The van der Waals surface area contributed by atoms with E-state index in [4.69, 9.17) is 0 Å².